The van der Waals surface area contributed by atoms with Crippen molar-refractivity contribution in [3.8, 4) is 0 Å². The minimum Gasteiger partial charge on any atom is -0.481 e. The van der Waals surface area contributed by atoms with Gasteiger partial charge in [-0.3, -0.25) is 33.6 Å². The molecule has 0 aromatic heterocycles. The fourth-order valence-corrected chi connectivity index (χ4v) is 7.32. The third kappa shape index (κ3) is 12.2. The van der Waals surface area contributed by atoms with Crippen LogP contribution in [0.1, 0.15) is 90.5 Å². The van der Waals surface area contributed by atoms with E-state index in [2.05, 4.69) is 21.3 Å². The van der Waals surface area contributed by atoms with Gasteiger partial charge in [0.1, 0.15) is 29.7 Å². The molecule has 1 heterocycles. The third-order valence-corrected chi connectivity index (χ3v) is 10.8. The van der Waals surface area contributed by atoms with Gasteiger partial charge in [0.25, 0.3) is 5.91 Å². The Hall–Kier alpha value is -5.59. The first-order valence-electron chi connectivity index (χ1n) is 19.6. The lowest BCUT2D eigenvalue weighted by molar-refractivity contribution is -0.147. The van der Waals surface area contributed by atoms with Crippen molar-refractivity contribution in [2.24, 2.45) is 11.8 Å². The summed E-state index contributed by atoms with van der Waals surface area (Å²) in [5.74, 6) is -10.4. The Balaban J connectivity index is 1.57. The van der Waals surface area contributed by atoms with Crippen LogP contribution in [0.25, 0.3) is 0 Å². The molecule has 6 amide bonds. The molecule has 318 valence electrons. The average Bonchev–Trinajstić information content (AvgIpc) is 3.84. The van der Waals surface area contributed by atoms with Gasteiger partial charge in [-0.2, -0.15) is 0 Å². The first kappa shape index (κ1) is 45.1. The number of hydrogen-bond acceptors (Lipinski definition) is 10. The summed E-state index contributed by atoms with van der Waals surface area (Å²) in [6.45, 7) is 4.50. The largest absolute Gasteiger partial charge is 0.481 e. The summed E-state index contributed by atoms with van der Waals surface area (Å²) in [6.07, 6.45) is 2.15. The van der Waals surface area contributed by atoms with Gasteiger partial charge in [-0.1, -0.05) is 63.4 Å². The summed E-state index contributed by atoms with van der Waals surface area (Å²) in [5, 5.41) is 40.7. The van der Waals surface area contributed by atoms with Gasteiger partial charge in [0.15, 0.2) is 0 Å². The number of ether oxygens (including phenoxy) is 1. The number of amides is 6. The molecule has 3 aliphatic rings. The van der Waals surface area contributed by atoms with Gasteiger partial charge >= 0.3 is 17.9 Å². The van der Waals surface area contributed by atoms with Gasteiger partial charge in [0, 0.05) is 26.3 Å². The summed E-state index contributed by atoms with van der Waals surface area (Å²) in [5.41, 5.74) is -0.565. The van der Waals surface area contributed by atoms with Gasteiger partial charge in [0.2, 0.25) is 35.6 Å². The van der Waals surface area contributed by atoms with E-state index in [0.29, 0.717) is 12.8 Å². The Morgan fingerprint density at radius 1 is 0.845 bits per heavy atom. The number of carbonyl (C=O) groups excluding carboxylic acids is 6. The minimum absolute atomic E-state index is 0.0352. The molecule has 8 N–H and O–H groups in total. The quantitative estimate of drug-likeness (QED) is 0.0809. The van der Waals surface area contributed by atoms with Gasteiger partial charge in [-0.05, 0) is 49.5 Å². The smallest absolute Gasteiger partial charge is 0.336 e. The first-order chi connectivity index (χ1) is 27.4. The summed E-state index contributed by atoms with van der Waals surface area (Å²) >= 11 is 0. The van der Waals surface area contributed by atoms with E-state index in [1.807, 2.05) is 35.6 Å². The molecule has 2 aliphatic carbocycles. The predicted molar refractivity (Wildman–Crippen MR) is 202 cm³/mol. The molecule has 19 heteroatoms. The molecule has 19 nitrogen and oxygen atoms in total. The van der Waals surface area contributed by atoms with Crippen LogP contribution in [0.4, 0.5) is 0 Å². The molecule has 1 aliphatic heterocycles. The van der Waals surface area contributed by atoms with E-state index in [1.165, 1.54) is 4.90 Å². The van der Waals surface area contributed by atoms with E-state index in [0.717, 1.165) is 31.7 Å². The van der Waals surface area contributed by atoms with Crippen molar-refractivity contribution >= 4 is 53.4 Å². The summed E-state index contributed by atoms with van der Waals surface area (Å²) in [6, 6.07) is 1.90. The molecular weight excluding hydrogens is 760 g/mol. The Labute approximate surface area is 335 Å². The summed E-state index contributed by atoms with van der Waals surface area (Å²) in [7, 11) is 0. The van der Waals surface area contributed by atoms with E-state index >= 15 is 0 Å². The number of hydrogen-bond donors (Lipinski definition) is 8. The number of nitrogens with zero attached hydrogens (tertiary/aromatic N) is 1. The maximum absolute atomic E-state index is 14.5. The molecule has 4 rings (SSSR count). The topological polar surface area (TPSA) is 287 Å². The number of benzene rings is 1. The maximum atomic E-state index is 14.5. The van der Waals surface area contributed by atoms with Gasteiger partial charge in [-0.15, -0.1) is 0 Å². The van der Waals surface area contributed by atoms with Crippen molar-refractivity contribution in [1.29, 1.82) is 0 Å². The van der Waals surface area contributed by atoms with Crippen LogP contribution in [0.2, 0.25) is 0 Å². The Morgan fingerprint density at radius 2 is 1.50 bits per heavy atom. The number of carbonyl (C=O) groups is 9. The lowest BCUT2D eigenvalue weighted by Gasteiger charge is -2.34. The first-order valence-corrected chi connectivity index (χ1v) is 19.6. The van der Waals surface area contributed by atoms with E-state index in [1.54, 1.807) is 13.8 Å². The van der Waals surface area contributed by atoms with Crippen LogP contribution in [0.15, 0.2) is 30.3 Å². The van der Waals surface area contributed by atoms with Crippen molar-refractivity contribution in [2.75, 3.05) is 6.54 Å². The Bertz CT molecular complexity index is 1710. The van der Waals surface area contributed by atoms with Crippen LogP contribution in [-0.2, 0) is 54.5 Å². The fraction of sp³-hybridized carbons (Fsp3) is 0.615. The SMILES string of the molecule is CC(=O)N[C@@H](C(=O)O)C(=O)N[C@@H](CCC(=O)O)C(=O)N[C@H](C(=O)N[C@H](C(=O)N1C[C@H](OCc2ccccc2)C[C@H]1C(=O)NC1(C(=O)O)CC1)C(C)C)C1CCCCC1. The third-order valence-electron chi connectivity index (χ3n) is 10.8. The zero-order valence-electron chi connectivity index (χ0n) is 32.9. The van der Waals surface area contributed by atoms with Gasteiger partial charge in [-0.25, -0.2) is 9.59 Å². The summed E-state index contributed by atoms with van der Waals surface area (Å²) in [4.78, 5) is 117. The molecule has 1 saturated heterocycles. The Kier molecular flexibility index (Phi) is 15.7. The highest BCUT2D eigenvalue weighted by Crippen LogP contribution is 2.36. The highest BCUT2D eigenvalue weighted by molar-refractivity contribution is 6.05. The molecular formula is C39H54N6O13. The normalized spacial score (nSPS) is 20.7. The molecule has 1 aromatic rings. The van der Waals surface area contributed by atoms with Crippen LogP contribution < -0.4 is 26.6 Å². The molecule has 58 heavy (non-hydrogen) atoms. The lowest BCUT2D eigenvalue weighted by Crippen LogP contribution is -2.62. The lowest BCUT2D eigenvalue weighted by atomic mass is 9.83. The van der Waals surface area contributed by atoms with Crippen LogP contribution >= 0.6 is 0 Å². The molecule has 0 bridgehead atoms. The highest BCUT2D eigenvalue weighted by Gasteiger charge is 2.54. The molecule has 6 atom stereocenters. The monoisotopic (exact) mass is 814 g/mol. The van der Waals surface area contributed by atoms with E-state index in [-0.39, 0.29) is 32.4 Å². The number of likely N-dealkylation sites (tertiary alicyclic amines) is 1. The number of rotatable bonds is 20. The fourth-order valence-electron chi connectivity index (χ4n) is 7.32. The zero-order valence-corrected chi connectivity index (χ0v) is 32.9. The second-order valence-corrected chi connectivity index (χ2v) is 15.6. The van der Waals surface area contributed by atoms with Gasteiger partial charge in [0.05, 0.1) is 12.7 Å². The molecule has 2 saturated carbocycles. The molecule has 0 unspecified atom stereocenters. The summed E-state index contributed by atoms with van der Waals surface area (Å²) < 4.78 is 6.11. The second-order valence-electron chi connectivity index (χ2n) is 15.6. The molecule has 1 aromatic carbocycles. The zero-order chi connectivity index (χ0) is 42.7. The second kappa shape index (κ2) is 20.2. The average molecular weight is 815 g/mol. The van der Waals surface area contributed by atoms with Crippen LogP contribution in [0, 0.1) is 11.8 Å². The maximum Gasteiger partial charge on any atom is 0.336 e. The molecule has 0 radical (unpaired) electrons. The number of aliphatic carboxylic acids is 3. The van der Waals surface area contributed by atoms with Crippen molar-refractivity contribution in [3.63, 3.8) is 0 Å². The van der Waals surface area contributed by atoms with Crippen molar-refractivity contribution in [3.05, 3.63) is 35.9 Å². The molecule has 3 fully saturated rings. The minimum atomic E-state index is -2.09. The molecule has 0 spiro atoms. The predicted octanol–water partition coefficient (Wildman–Crippen LogP) is 0.0509. The van der Waals surface area contributed by atoms with Crippen molar-refractivity contribution in [2.45, 2.75) is 133 Å². The van der Waals surface area contributed by atoms with Crippen LogP contribution in [0.5, 0.6) is 0 Å². The standard InChI is InChI=1S/C39H54N6O13/c1-21(2)29(36(53)45-19-25(58-20-23-10-6-4-7-11-23)18-27(45)33(50)44-39(16-17-39)38(56)57)42-34(51)30(24-12-8-5-9-13-24)43-32(49)26(14-15-28(47)48)41-35(52)31(37(54)55)40-22(3)46/h4,6-7,10-11,21,24-27,29-31H,5,8-9,12-20H2,1-3H3,(H,40,46)(H,41,52)(H,42,51)(H,43,49)(H,44,50)(H,47,48)(H,54,55)(H,56,57)/t25-,26+,27+,29+,30+,31-/m1/s1. The van der Waals surface area contributed by atoms with E-state index < -0.39 is 120 Å². The van der Waals surface area contributed by atoms with E-state index in [4.69, 9.17) is 4.74 Å². The Morgan fingerprint density at radius 3 is 2.05 bits per heavy atom. The van der Waals surface area contributed by atoms with Crippen LogP contribution in [0.3, 0.4) is 0 Å². The number of carboxylic acid groups (broad SMARTS) is 3. The van der Waals surface area contributed by atoms with Crippen molar-refractivity contribution < 1.29 is 63.2 Å². The highest BCUT2D eigenvalue weighted by atomic mass is 16.5. The number of carboxylic acids is 3. The van der Waals surface area contributed by atoms with Crippen molar-refractivity contribution in [1.82, 2.24) is 31.5 Å². The number of nitrogens with one attached hydrogen (secondary N) is 5. The van der Waals surface area contributed by atoms with E-state index in [9.17, 15) is 58.5 Å². The van der Waals surface area contributed by atoms with Gasteiger partial charge < -0.3 is 51.5 Å². The van der Waals surface area contributed by atoms with Crippen LogP contribution in [-0.4, -0.2) is 122 Å².